The van der Waals surface area contributed by atoms with Gasteiger partial charge in [0.25, 0.3) is 0 Å². The highest BCUT2D eigenvalue weighted by Gasteiger charge is 2.04. The fraction of sp³-hybridized carbons (Fsp3) is 0.250. The normalized spacial score (nSPS) is 10.8. The summed E-state index contributed by atoms with van der Waals surface area (Å²) in [5.41, 5.74) is 7.59. The van der Waals surface area contributed by atoms with E-state index in [0.717, 1.165) is 22.0 Å². The molecule has 0 spiro atoms. The Morgan fingerprint density at radius 1 is 1.41 bits per heavy atom. The first-order chi connectivity index (χ1) is 8.19. The number of rotatable bonds is 4. The highest BCUT2D eigenvalue weighted by atomic mass is 79.9. The Kier molecular flexibility index (Phi) is 3.91. The predicted octanol–water partition coefficient (Wildman–Crippen LogP) is 2.33. The maximum absolute atomic E-state index is 12.9. The minimum Gasteiger partial charge on any atom is -0.330 e. The molecule has 0 aliphatic heterocycles. The van der Waals surface area contributed by atoms with Crippen LogP contribution in [0.4, 0.5) is 4.39 Å². The summed E-state index contributed by atoms with van der Waals surface area (Å²) >= 11 is 3.34. The number of aromatic nitrogens is 2. The summed E-state index contributed by atoms with van der Waals surface area (Å²) in [5.74, 6) is -0.245. The van der Waals surface area contributed by atoms with Gasteiger partial charge in [0, 0.05) is 10.7 Å². The van der Waals surface area contributed by atoms with Gasteiger partial charge in [-0.2, -0.15) is 5.10 Å². The highest BCUT2D eigenvalue weighted by molar-refractivity contribution is 9.10. The Balaban J connectivity index is 2.13. The summed E-state index contributed by atoms with van der Waals surface area (Å²) in [5, 5.41) is 4.24. The molecule has 0 radical (unpaired) electrons. The van der Waals surface area contributed by atoms with Gasteiger partial charge in [-0.25, -0.2) is 4.39 Å². The third kappa shape index (κ3) is 3.14. The second-order valence-electron chi connectivity index (χ2n) is 3.82. The molecule has 1 heterocycles. The molecule has 0 bridgehead atoms. The van der Waals surface area contributed by atoms with Crippen molar-refractivity contribution in [3.8, 4) is 0 Å². The number of nitrogens with two attached hydrogens (primary N) is 1. The summed E-state index contributed by atoms with van der Waals surface area (Å²) < 4.78 is 15.5. The summed E-state index contributed by atoms with van der Waals surface area (Å²) in [4.78, 5) is 0. The Bertz CT molecular complexity index is 510. The Labute approximate surface area is 108 Å². The second kappa shape index (κ2) is 5.42. The Morgan fingerprint density at radius 3 is 2.94 bits per heavy atom. The van der Waals surface area contributed by atoms with Crippen molar-refractivity contribution in [1.82, 2.24) is 9.78 Å². The smallest absolute Gasteiger partial charge is 0.124 e. The Hall–Kier alpha value is -1.20. The minimum atomic E-state index is -0.245. The van der Waals surface area contributed by atoms with E-state index < -0.39 is 0 Å². The summed E-state index contributed by atoms with van der Waals surface area (Å²) in [6, 6.07) is 4.66. The third-order valence-corrected chi connectivity index (χ3v) is 3.21. The van der Waals surface area contributed by atoms with Crippen molar-refractivity contribution in [2.75, 3.05) is 6.54 Å². The third-order valence-electron chi connectivity index (χ3n) is 2.47. The van der Waals surface area contributed by atoms with Gasteiger partial charge in [-0.3, -0.25) is 4.68 Å². The predicted molar refractivity (Wildman–Crippen MR) is 68.2 cm³/mol. The van der Waals surface area contributed by atoms with E-state index in [9.17, 15) is 4.39 Å². The molecule has 0 saturated carbocycles. The van der Waals surface area contributed by atoms with Crippen LogP contribution in [0.2, 0.25) is 0 Å². The van der Waals surface area contributed by atoms with Crippen LogP contribution in [0.25, 0.3) is 0 Å². The van der Waals surface area contributed by atoms with Crippen LogP contribution in [-0.4, -0.2) is 16.3 Å². The number of hydrogen-bond acceptors (Lipinski definition) is 2. The lowest BCUT2D eigenvalue weighted by atomic mass is 10.2. The maximum Gasteiger partial charge on any atom is 0.124 e. The van der Waals surface area contributed by atoms with E-state index in [1.165, 1.54) is 12.1 Å². The molecule has 90 valence electrons. The Morgan fingerprint density at radius 2 is 2.24 bits per heavy atom. The zero-order valence-electron chi connectivity index (χ0n) is 9.24. The van der Waals surface area contributed by atoms with Gasteiger partial charge in [-0.1, -0.05) is 22.0 Å². The molecular formula is C12H13BrFN3. The van der Waals surface area contributed by atoms with E-state index in [4.69, 9.17) is 5.73 Å². The van der Waals surface area contributed by atoms with Crippen LogP contribution >= 0.6 is 15.9 Å². The molecule has 2 aromatic rings. The average Bonchev–Trinajstić information content (AvgIpc) is 2.71. The summed E-state index contributed by atoms with van der Waals surface area (Å²) in [6.07, 6.45) is 4.59. The molecule has 0 aliphatic rings. The largest absolute Gasteiger partial charge is 0.330 e. The number of halogens is 2. The molecule has 0 aliphatic carbocycles. The average molecular weight is 298 g/mol. The second-order valence-corrected chi connectivity index (χ2v) is 4.67. The van der Waals surface area contributed by atoms with E-state index in [0.29, 0.717) is 13.1 Å². The van der Waals surface area contributed by atoms with Crippen LogP contribution in [0.3, 0.4) is 0 Å². The van der Waals surface area contributed by atoms with Crippen LogP contribution in [-0.2, 0) is 13.0 Å². The van der Waals surface area contributed by atoms with Gasteiger partial charge in [0.1, 0.15) is 5.82 Å². The van der Waals surface area contributed by atoms with Gasteiger partial charge in [0.2, 0.25) is 0 Å². The lowest BCUT2D eigenvalue weighted by Crippen LogP contribution is -2.03. The lowest BCUT2D eigenvalue weighted by Gasteiger charge is -2.04. The van der Waals surface area contributed by atoms with Crippen LogP contribution in [0.5, 0.6) is 0 Å². The molecule has 0 amide bonds. The number of nitrogens with zero attached hydrogens (tertiary/aromatic N) is 2. The van der Waals surface area contributed by atoms with E-state index >= 15 is 0 Å². The number of hydrogen-bond donors (Lipinski definition) is 1. The first-order valence-electron chi connectivity index (χ1n) is 5.34. The molecular weight excluding hydrogens is 285 g/mol. The van der Waals surface area contributed by atoms with E-state index in [1.807, 2.05) is 17.1 Å². The topological polar surface area (TPSA) is 43.8 Å². The van der Waals surface area contributed by atoms with Crippen LogP contribution in [0, 0.1) is 5.82 Å². The number of benzene rings is 1. The van der Waals surface area contributed by atoms with Crippen molar-refractivity contribution >= 4 is 15.9 Å². The van der Waals surface area contributed by atoms with Crippen molar-refractivity contribution in [3.05, 3.63) is 52.0 Å². The lowest BCUT2D eigenvalue weighted by molar-refractivity contribution is 0.623. The monoisotopic (exact) mass is 297 g/mol. The van der Waals surface area contributed by atoms with Crippen molar-refractivity contribution in [3.63, 3.8) is 0 Å². The van der Waals surface area contributed by atoms with Crippen molar-refractivity contribution in [2.45, 2.75) is 13.0 Å². The van der Waals surface area contributed by atoms with Gasteiger partial charge in [0.15, 0.2) is 0 Å². The van der Waals surface area contributed by atoms with Crippen molar-refractivity contribution in [2.24, 2.45) is 5.73 Å². The van der Waals surface area contributed by atoms with Gasteiger partial charge in [-0.05, 0) is 36.2 Å². The zero-order valence-corrected chi connectivity index (χ0v) is 10.8. The van der Waals surface area contributed by atoms with Crippen LogP contribution in [0.1, 0.15) is 11.1 Å². The first-order valence-corrected chi connectivity index (χ1v) is 6.13. The molecule has 0 unspecified atom stereocenters. The van der Waals surface area contributed by atoms with Gasteiger partial charge >= 0.3 is 0 Å². The molecule has 1 aromatic heterocycles. The van der Waals surface area contributed by atoms with Crippen LogP contribution < -0.4 is 5.73 Å². The van der Waals surface area contributed by atoms with E-state index in [-0.39, 0.29) is 5.82 Å². The SMILES string of the molecule is NCCc1cnn(Cc2ccc(F)cc2Br)c1. The standard InChI is InChI=1S/C12H13BrFN3/c13-12-5-11(14)2-1-10(12)8-17-7-9(3-4-15)6-16-17/h1-2,5-7H,3-4,8,15H2. The summed E-state index contributed by atoms with van der Waals surface area (Å²) in [6.45, 7) is 1.23. The molecule has 17 heavy (non-hydrogen) atoms. The zero-order chi connectivity index (χ0) is 12.3. The quantitative estimate of drug-likeness (QED) is 0.941. The molecule has 0 saturated heterocycles. The maximum atomic E-state index is 12.9. The summed E-state index contributed by atoms with van der Waals surface area (Å²) in [7, 11) is 0. The fourth-order valence-corrected chi connectivity index (χ4v) is 2.09. The van der Waals surface area contributed by atoms with Crippen LogP contribution in [0.15, 0.2) is 35.1 Å². The molecule has 0 atom stereocenters. The molecule has 1 aromatic carbocycles. The van der Waals surface area contributed by atoms with E-state index in [1.54, 1.807) is 6.07 Å². The molecule has 2 N–H and O–H groups in total. The van der Waals surface area contributed by atoms with Crippen molar-refractivity contribution < 1.29 is 4.39 Å². The van der Waals surface area contributed by atoms with Gasteiger partial charge in [-0.15, -0.1) is 0 Å². The highest BCUT2D eigenvalue weighted by Crippen LogP contribution is 2.19. The van der Waals surface area contributed by atoms with E-state index in [2.05, 4.69) is 21.0 Å². The molecule has 5 heteroatoms. The fourth-order valence-electron chi connectivity index (χ4n) is 1.61. The molecule has 0 fully saturated rings. The first kappa shape index (κ1) is 12.3. The molecule has 2 rings (SSSR count). The minimum absolute atomic E-state index is 0.245. The molecule has 3 nitrogen and oxygen atoms in total. The van der Waals surface area contributed by atoms with Crippen molar-refractivity contribution in [1.29, 1.82) is 0 Å². The van der Waals surface area contributed by atoms with Gasteiger partial charge < -0.3 is 5.73 Å². The van der Waals surface area contributed by atoms with Gasteiger partial charge in [0.05, 0.1) is 12.7 Å².